The normalized spacial score (nSPS) is 17.6. The van der Waals surface area contributed by atoms with Crippen LogP contribution < -0.4 is 9.64 Å². The lowest BCUT2D eigenvalue weighted by atomic mass is 9.97. The Morgan fingerprint density at radius 1 is 0.844 bits per heavy atom. The number of fused-ring (bicyclic) bond motifs is 1. The van der Waals surface area contributed by atoms with E-state index in [9.17, 15) is 9.59 Å². The van der Waals surface area contributed by atoms with Gasteiger partial charge in [-0.2, -0.15) is 0 Å². The van der Waals surface area contributed by atoms with E-state index in [1.54, 1.807) is 7.11 Å². The minimum atomic E-state index is -0.273. The fraction of sp³-hybridized carbons (Fsp3) is 0.259. The van der Waals surface area contributed by atoms with E-state index in [2.05, 4.69) is 11.8 Å². The van der Waals surface area contributed by atoms with Crippen molar-refractivity contribution in [2.24, 2.45) is 5.92 Å². The third-order valence-electron chi connectivity index (χ3n) is 6.55. The van der Waals surface area contributed by atoms with E-state index in [4.69, 9.17) is 4.74 Å². The molecule has 0 saturated carbocycles. The Hall–Kier alpha value is -3.60. The molecule has 0 aromatic heterocycles. The zero-order valence-corrected chi connectivity index (χ0v) is 18.4. The summed E-state index contributed by atoms with van der Waals surface area (Å²) < 4.78 is 5.28. The molecule has 5 rings (SSSR count). The fourth-order valence-electron chi connectivity index (χ4n) is 4.68. The Morgan fingerprint density at radius 2 is 1.53 bits per heavy atom. The van der Waals surface area contributed by atoms with Gasteiger partial charge in [-0.25, -0.2) is 4.90 Å². The van der Waals surface area contributed by atoms with Gasteiger partial charge in [-0.3, -0.25) is 9.59 Å². The number of nitrogens with zero attached hydrogens (tertiary/aromatic N) is 2. The van der Waals surface area contributed by atoms with Gasteiger partial charge in [0.05, 0.1) is 18.4 Å². The van der Waals surface area contributed by atoms with E-state index in [1.165, 1.54) is 4.90 Å². The Morgan fingerprint density at radius 3 is 2.25 bits per heavy atom. The number of ether oxygens (including phenoxy) is 1. The third kappa shape index (κ3) is 3.34. The van der Waals surface area contributed by atoms with E-state index < -0.39 is 0 Å². The van der Waals surface area contributed by atoms with Crippen LogP contribution >= 0.6 is 0 Å². The van der Waals surface area contributed by atoms with Crippen LogP contribution in [0.2, 0.25) is 0 Å². The maximum Gasteiger partial charge on any atom is 0.282 e. The highest BCUT2D eigenvalue weighted by atomic mass is 16.5. The molecule has 0 unspecified atom stereocenters. The zero-order chi connectivity index (χ0) is 22.2. The molecule has 2 aliphatic rings. The molecule has 0 aliphatic carbocycles. The summed E-state index contributed by atoms with van der Waals surface area (Å²) in [5.74, 6) is 0.819. The number of anilines is 1. The molecule has 0 bridgehead atoms. The van der Waals surface area contributed by atoms with E-state index >= 15 is 0 Å². The van der Waals surface area contributed by atoms with Gasteiger partial charge in [0.25, 0.3) is 11.8 Å². The van der Waals surface area contributed by atoms with Gasteiger partial charge >= 0.3 is 0 Å². The van der Waals surface area contributed by atoms with Gasteiger partial charge < -0.3 is 9.64 Å². The smallest absolute Gasteiger partial charge is 0.282 e. The van der Waals surface area contributed by atoms with E-state index in [-0.39, 0.29) is 11.8 Å². The van der Waals surface area contributed by atoms with Crippen molar-refractivity contribution in [3.8, 4) is 5.75 Å². The first-order valence-corrected chi connectivity index (χ1v) is 11.1. The standard InChI is InChI=1S/C27H26N2O3/c1-18-14-16-28(17-15-18)25-24(20-10-12-21(32-2)13-11-20)26(30)29(27(25)31)23-9-5-7-19-6-3-4-8-22(19)23/h3-13,18H,14-17H2,1-2H3. The molecule has 5 nitrogen and oxygen atoms in total. The van der Waals surface area contributed by atoms with Crippen molar-refractivity contribution in [1.82, 2.24) is 4.90 Å². The molecule has 2 amide bonds. The van der Waals surface area contributed by atoms with E-state index in [0.717, 1.165) is 42.3 Å². The molecule has 1 fully saturated rings. The van der Waals surface area contributed by atoms with Crippen LogP contribution in [-0.2, 0) is 9.59 Å². The SMILES string of the molecule is COc1ccc(C2=C(N3CCC(C)CC3)C(=O)N(c3cccc4ccccc34)C2=O)cc1. The Bertz CT molecular complexity index is 1220. The summed E-state index contributed by atoms with van der Waals surface area (Å²) in [4.78, 5) is 31.1. The number of likely N-dealkylation sites (tertiary alicyclic amines) is 1. The lowest BCUT2D eigenvalue weighted by Crippen LogP contribution is -2.38. The second kappa shape index (κ2) is 8.15. The number of imide groups is 1. The monoisotopic (exact) mass is 426 g/mol. The predicted octanol–water partition coefficient (Wildman–Crippen LogP) is 4.86. The molecule has 32 heavy (non-hydrogen) atoms. The lowest BCUT2D eigenvalue weighted by Gasteiger charge is -2.32. The molecular weight excluding hydrogens is 400 g/mol. The highest BCUT2D eigenvalue weighted by Crippen LogP contribution is 2.39. The number of piperidine rings is 1. The summed E-state index contributed by atoms with van der Waals surface area (Å²) in [7, 11) is 1.61. The maximum absolute atomic E-state index is 13.8. The van der Waals surface area contributed by atoms with Crippen molar-refractivity contribution >= 4 is 33.8 Å². The summed E-state index contributed by atoms with van der Waals surface area (Å²) in [6, 6.07) is 21.0. The zero-order valence-electron chi connectivity index (χ0n) is 18.4. The molecule has 3 aromatic carbocycles. The quantitative estimate of drug-likeness (QED) is 0.559. The van der Waals surface area contributed by atoms with Crippen LogP contribution in [0.4, 0.5) is 5.69 Å². The van der Waals surface area contributed by atoms with Crippen molar-refractivity contribution in [2.45, 2.75) is 19.8 Å². The van der Waals surface area contributed by atoms with E-state index in [1.807, 2.05) is 66.7 Å². The molecule has 0 radical (unpaired) electrons. The second-order valence-corrected chi connectivity index (χ2v) is 8.57. The number of hydrogen-bond donors (Lipinski definition) is 0. The summed E-state index contributed by atoms with van der Waals surface area (Å²) >= 11 is 0. The summed E-state index contributed by atoms with van der Waals surface area (Å²) in [5.41, 5.74) is 2.35. The number of benzene rings is 3. The second-order valence-electron chi connectivity index (χ2n) is 8.57. The molecule has 2 aliphatic heterocycles. The molecule has 1 saturated heterocycles. The maximum atomic E-state index is 13.8. The van der Waals surface area contributed by atoms with Gasteiger partial charge in [0.2, 0.25) is 0 Å². The molecular formula is C27H26N2O3. The van der Waals surface area contributed by atoms with Gasteiger partial charge in [-0.05, 0) is 47.9 Å². The molecule has 3 aromatic rings. The minimum Gasteiger partial charge on any atom is -0.497 e. The molecule has 0 N–H and O–H groups in total. The first kappa shape index (κ1) is 20.3. The van der Waals surface area contributed by atoms with Crippen molar-refractivity contribution in [3.05, 3.63) is 78.0 Å². The van der Waals surface area contributed by atoms with Crippen molar-refractivity contribution < 1.29 is 14.3 Å². The van der Waals surface area contributed by atoms with Gasteiger partial charge in [-0.15, -0.1) is 0 Å². The molecule has 162 valence electrons. The number of carbonyl (C=O) groups is 2. The van der Waals surface area contributed by atoms with Crippen LogP contribution in [0.3, 0.4) is 0 Å². The molecule has 0 atom stereocenters. The van der Waals surface area contributed by atoms with Gasteiger partial charge in [0.15, 0.2) is 0 Å². The van der Waals surface area contributed by atoms with Crippen molar-refractivity contribution in [1.29, 1.82) is 0 Å². The summed E-state index contributed by atoms with van der Waals surface area (Å²) in [6.45, 7) is 3.79. The molecule has 5 heteroatoms. The largest absolute Gasteiger partial charge is 0.497 e. The fourth-order valence-corrected chi connectivity index (χ4v) is 4.68. The average molecular weight is 427 g/mol. The number of hydrogen-bond acceptors (Lipinski definition) is 4. The predicted molar refractivity (Wildman–Crippen MR) is 126 cm³/mol. The Labute approximate surface area is 187 Å². The first-order valence-electron chi connectivity index (χ1n) is 11.1. The van der Waals surface area contributed by atoms with Gasteiger partial charge in [0, 0.05) is 18.5 Å². The topological polar surface area (TPSA) is 49.9 Å². The number of rotatable bonds is 4. The van der Waals surface area contributed by atoms with Crippen LogP contribution in [0.5, 0.6) is 5.75 Å². The minimum absolute atomic E-state index is 0.244. The van der Waals surface area contributed by atoms with Crippen LogP contribution in [0, 0.1) is 5.92 Å². The summed E-state index contributed by atoms with van der Waals surface area (Å²) in [5, 5.41) is 1.89. The van der Waals surface area contributed by atoms with Crippen LogP contribution in [-0.4, -0.2) is 36.9 Å². The molecule has 0 spiro atoms. The molecule has 2 heterocycles. The van der Waals surface area contributed by atoms with Crippen molar-refractivity contribution in [2.75, 3.05) is 25.1 Å². The highest BCUT2D eigenvalue weighted by Gasteiger charge is 2.43. The first-order chi connectivity index (χ1) is 15.6. The number of carbonyl (C=O) groups excluding carboxylic acids is 2. The van der Waals surface area contributed by atoms with Crippen LogP contribution in [0.25, 0.3) is 16.3 Å². The van der Waals surface area contributed by atoms with Crippen molar-refractivity contribution in [3.63, 3.8) is 0 Å². The average Bonchev–Trinajstić information content (AvgIpc) is 3.09. The Balaban J connectivity index is 1.64. The van der Waals surface area contributed by atoms with Crippen LogP contribution in [0.1, 0.15) is 25.3 Å². The number of amides is 2. The van der Waals surface area contributed by atoms with E-state index in [0.29, 0.717) is 28.6 Å². The van der Waals surface area contributed by atoms with Crippen LogP contribution in [0.15, 0.2) is 72.4 Å². The van der Waals surface area contributed by atoms with Gasteiger partial charge in [-0.1, -0.05) is 55.5 Å². The Kier molecular flexibility index (Phi) is 5.17. The third-order valence-corrected chi connectivity index (χ3v) is 6.55. The lowest BCUT2D eigenvalue weighted by molar-refractivity contribution is -0.120. The number of methoxy groups -OCH3 is 1. The summed E-state index contributed by atoms with van der Waals surface area (Å²) in [6.07, 6.45) is 2.02. The highest BCUT2D eigenvalue weighted by molar-refractivity contribution is 6.46. The van der Waals surface area contributed by atoms with Gasteiger partial charge in [0.1, 0.15) is 11.4 Å².